The van der Waals surface area contributed by atoms with Crippen LogP contribution in [0, 0.1) is 0 Å². The minimum atomic E-state index is -3.41. The third kappa shape index (κ3) is 3.29. The molecule has 0 bridgehead atoms. The normalized spacial score (nSPS) is 14.1. The third-order valence-electron chi connectivity index (χ3n) is 2.03. The molecule has 1 aromatic carbocycles. The minimum Gasteiger partial charge on any atom is -0.207 e. The van der Waals surface area contributed by atoms with Crippen LogP contribution in [0.15, 0.2) is 33.6 Å². The van der Waals surface area contributed by atoms with Crippen LogP contribution in [0.5, 0.6) is 0 Å². The molecule has 0 heterocycles. The summed E-state index contributed by atoms with van der Waals surface area (Å²) in [7, 11) is -1.83. The first-order valence-electron chi connectivity index (χ1n) is 4.70. The van der Waals surface area contributed by atoms with Crippen LogP contribution in [-0.2, 0) is 10.0 Å². The van der Waals surface area contributed by atoms with E-state index in [-0.39, 0.29) is 4.83 Å². The lowest BCUT2D eigenvalue weighted by Crippen LogP contribution is -2.31. The van der Waals surface area contributed by atoms with Gasteiger partial charge in [0.25, 0.3) is 0 Å². The number of alkyl halides is 1. The van der Waals surface area contributed by atoms with Gasteiger partial charge in [-0.2, -0.15) is 4.31 Å². The highest BCUT2D eigenvalue weighted by Crippen LogP contribution is 2.24. The average molecular weight is 371 g/mol. The van der Waals surface area contributed by atoms with Crippen molar-refractivity contribution in [2.24, 2.45) is 0 Å². The molecule has 1 unspecified atom stereocenters. The first-order valence-corrected chi connectivity index (χ1v) is 7.85. The zero-order valence-electron chi connectivity index (χ0n) is 9.02. The number of nitrogens with zero attached hydrogens (tertiary/aromatic N) is 1. The fourth-order valence-corrected chi connectivity index (χ4v) is 4.12. The van der Waals surface area contributed by atoms with E-state index in [9.17, 15) is 8.42 Å². The summed E-state index contributed by atoms with van der Waals surface area (Å²) in [5, 5.41) is 0. The minimum absolute atomic E-state index is 0.120. The van der Waals surface area contributed by atoms with Gasteiger partial charge in [-0.3, -0.25) is 0 Å². The smallest absolute Gasteiger partial charge is 0.207 e. The van der Waals surface area contributed by atoms with Crippen molar-refractivity contribution < 1.29 is 8.42 Å². The van der Waals surface area contributed by atoms with E-state index in [1.807, 2.05) is 6.92 Å². The van der Waals surface area contributed by atoms with Crippen molar-refractivity contribution in [2.45, 2.75) is 16.6 Å². The second-order valence-electron chi connectivity index (χ2n) is 3.50. The second-order valence-corrected chi connectivity index (χ2v) is 7.93. The maximum absolute atomic E-state index is 12.2. The van der Waals surface area contributed by atoms with E-state index in [2.05, 4.69) is 31.9 Å². The van der Waals surface area contributed by atoms with Crippen LogP contribution in [0.3, 0.4) is 0 Å². The van der Waals surface area contributed by atoms with Crippen molar-refractivity contribution in [3.05, 3.63) is 28.7 Å². The first-order chi connectivity index (χ1) is 7.35. The first kappa shape index (κ1) is 14.2. The molecule has 1 atom stereocenters. The van der Waals surface area contributed by atoms with Crippen molar-refractivity contribution in [1.29, 1.82) is 0 Å². The summed E-state index contributed by atoms with van der Waals surface area (Å²) in [6.45, 7) is 2.34. The zero-order chi connectivity index (χ0) is 12.3. The molecule has 0 aliphatic heterocycles. The zero-order valence-corrected chi connectivity index (χ0v) is 13.0. The van der Waals surface area contributed by atoms with Gasteiger partial charge in [-0.25, -0.2) is 8.42 Å². The molecule has 0 aromatic heterocycles. The summed E-state index contributed by atoms with van der Waals surface area (Å²) in [6.07, 6.45) is 0. The molecule has 6 heteroatoms. The number of hydrogen-bond acceptors (Lipinski definition) is 2. The molecule has 90 valence electrons. The second kappa shape index (κ2) is 5.62. The topological polar surface area (TPSA) is 37.4 Å². The Labute approximate surface area is 113 Å². The van der Waals surface area contributed by atoms with Gasteiger partial charge in [-0.05, 0) is 28.1 Å². The van der Waals surface area contributed by atoms with E-state index in [0.29, 0.717) is 15.9 Å². The number of benzene rings is 1. The van der Waals surface area contributed by atoms with Crippen molar-refractivity contribution in [2.75, 3.05) is 13.6 Å². The van der Waals surface area contributed by atoms with E-state index >= 15 is 0 Å². The molecule has 16 heavy (non-hydrogen) atoms. The highest BCUT2D eigenvalue weighted by atomic mass is 79.9. The van der Waals surface area contributed by atoms with E-state index in [1.54, 1.807) is 31.3 Å². The molecule has 3 nitrogen and oxygen atoms in total. The monoisotopic (exact) mass is 369 g/mol. The van der Waals surface area contributed by atoms with E-state index in [0.717, 1.165) is 0 Å². The molecule has 0 aliphatic rings. The molecule has 1 aromatic rings. The van der Waals surface area contributed by atoms with Gasteiger partial charge in [0.1, 0.15) is 0 Å². The van der Waals surface area contributed by atoms with Crippen molar-refractivity contribution >= 4 is 41.9 Å². The maximum atomic E-state index is 12.2. The molecule has 0 aliphatic carbocycles. The van der Waals surface area contributed by atoms with Gasteiger partial charge in [0.05, 0.1) is 4.90 Å². The van der Waals surface area contributed by atoms with E-state index in [1.165, 1.54) is 4.31 Å². The van der Waals surface area contributed by atoms with Crippen LogP contribution in [-0.4, -0.2) is 31.1 Å². The Morgan fingerprint density at radius 2 is 1.94 bits per heavy atom. The van der Waals surface area contributed by atoms with E-state index in [4.69, 9.17) is 0 Å². The number of halogens is 2. The molecule has 0 fully saturated rings. The maximum Gasteiger partial charge on any atom is 0.243 e. The molecule has 0 N–H and O–H groups in total. The number of rotatable bonds is 4. The van der Waals surface area contributed by atoms with E-state index < -0.39 is 10.0 Å². The largest absolute Gasteiger partial charge is 0.243 e. The van der Waals surface area contributed by atoms with Crippen molar-refractivity contribution in [3.8, 4) is 0 Å². The van der Waals surface area contributed by atoms with Crippen LogP contribution < -0.4 is 0 Å². The van der Waals surface area contributed by atoms with Crippen molar-refractivity contribution in [1.82, 2.24) is 4.31 Å². The fourth-order valence-electron chi connectivity index (χ4n) is 1.27. The van der Waals surface area contributed by atoms with Gasteiger partial charge < -0.3 is 0 Å². The summed E-state index contributed by atoms with van der Waals surface area (Å²) < 4.78 is 26.3. The van der Waals surface area contributed by atoms with Gasteiger partial charge in [0, 0.05) is 22.9 Å². The van der Waals surface area contributed by atoms with Crippen LogP contribution in [0.4, 0.5) is 0 Å². The average Bonchev–Trinajstić information content (AvgIpc) is 2.16. The lowest BCUT2D eigenvalue weighted by molar-refractivity contribution is 0.473. The summed E-state index contributed by atoms with van der Waals surface area (Å²) in [5.74, 6) is 0. The molecule has 0 amide bonds. The summed E-state index contributed by atoms with van der Waals surface area (Å²) in [5.41, 5.74) is 0. The lowest BCUT2D eigenvalue weighted by Gasteiger charge is -2.19. The molecule has 1 rings (SSSR count). The van der Waals surface area contributed by atoms with Gasteiger partial charge in [-0.15, -0.1) is 0 Å². The van der Waals surface area contributed by atoms with Crippen molar-refractivity contribution in [3.63, 3.8) is 0 Å². The Kier molecular flexibility index (Phi) is 4.97. The van der Waals surface area contributed by atoms with Gasteiger partial charge in [0.15, 0.2) is 0 Å². The highest BCUT2D eigenvalue weighted by Gasteiger charge is 2.23. The summed E-state index contributed by atoms with van der Waals surface area (Å²) >= 11 is 6.59. The standard InChI is InChI=1S/C10H13Br2NO2S/c1-8(11)7-13(2)16(14,15)10-6-4-3-5-9(10)12/h3-6,8H,7H2,1-2H3. The van der Waals surface area contributed by atoms with Gasteiger partial charge in [-0.1, -0.05) is 35.0 Å². The summed E-state index contributed by atoms with van der Waals surface area (Å²) in [6, 6.07) is 6.81. The Morgan fingerprint density at radius 1 is 1.38 bits per heavy atom. The Hall–Kier alpha value is 0.0900. The Bertz CT molecular complexity index is 460. The summed E-state index contributed by atoms with van der Waals surface area (Å²) in [4.78, 5) is 0.417. The molecule has 0 saturated heterocycles. The molecule has 0 radical (unpaired) electrons. The highest BCUT2D eigenvalue weighted by molar-refractivity contribution is 9.10. The fraction of sp³-hybridized carbons (Fsp3) is 0.400. The Morgan fingerprint density at radius 3 is 2.44 bits per heavy atom. The Balaban J connectivity index is 3.08. The molecular formula is C10H13Br2NO2S. The SMILES string of the molecule is CC(Br)CN(C)S(=O)(=O)c1ccccc1Br. The van der Waals surface area contributed by atoms with Crippen LogP contribution in [0.25, 0.3) is 0 Å². The molecular weight excluding hydrogens is 358 g/mol. The van der Waals surface area contributed by atoms with Crippen LogP contribution in [0.1, 0.15) is 6.92 Å². The number of hydrogen-bond donors (Lipinski definition) is 0. The van der Waals surface area contributed by atoms with Crippen LogP contribution in [0.2, 0.25) is 0 Å². The molecule has 0 saturated carbocycles. The quantitative estimate of drug-likeness (QED) is 0.764. The molecule has 0 spiro atoms. The van der Waals surface area contributed by atoms with Gasteiger partial charge in [0.2, 0.25) is 10.0 Å². The number of sulfonamides is 1. The van der Waals surface area contributed by atoms with Gasteiger partial charge >= 0.3 is 0 Å². The lowest BCUT2D eigenvalue weighted by atomic mass is 10.4. The predicted molar refractivity (Wildman–Crippen MR) is 72.3 cm³/mol. The third-order valence-corrected chi connectivity index (χ3v) is 5.16. The van der Waals surface area contributed by atoms with Crippen LogP contribution >= 0.6 is 31.9 Å². The predicted octanol–water partition coefficient (Wildman–Crippen LogP) is 2.85.